The standard InChI is InChI=1S/C14H20F2N2O/c1-10(12-4-3-5-13(15)14(12)16)17-8-11-9-18(2)6-7-19-11/h3-5,10-11,17H,6-9H2,1-2H3. The van der Waals surface area contributed by atoms with Crippen molar-refractivity contribution < 1.29 is 13.5 Å². The molecule has 1 fully saturated rings. The Morgan fingerprint density at radius 1 is 1.47 bits per heavy atom. The van der Waals surface area contributed by atoms with Crippen molar-refractivity contribution >= 4 is 0 Å². The third-order valence-corrected chi connectivity index (χ3v) is 3.44. The molecule has 5 heteroatoms. The summed E-state index contributed by atoms with van der Waals surface area (Å²) in [6.45, 7) is 4.95. The van der Waals surface area contributed by atoms with E-state index in [1.54, 1.807) is 6.07 Å². The molecule has 2 unspecified atom stereocenters. The summed E-state index contributed by atoms with van der Waals surface area (Å²) in [5.41, 5.74) is 0.351. The van der Waals surface area contributed by atoms with Crippen molar-refractivity contribution in [2.45, 2.75) is 19.1 Å². The summed E-state index contributed by atoms with van der Waals surface area (Å²) in [7, 11) is 2.05. The van der Waals surface area contributed by atoms with Gasteiger partial charge in [-0.25, -0.2) is 8.78 Å². The van der Waals surface area contributed by atoms with Crippen LogP contribution in [0.2, 0.25) is 0 Å². The van der Waals surface area contributed by atoms with E-state index in [2.05, 4.69) is 10.2 Å². The lowest BCUT2D eigenvalue weighted by molar-refractivity contribution is -0.0191. The van der Waals surface area contributed by atoms with E-state index < -0.39 is 11.6 Å². The van der Waals surface area contributed by atoms with Gasteiger partial charge in [-0.05, 0) is 20.0 Å². The molecule has 2 atom stereocenters. The van der Waals surface area contributed by atoms with Gasteiger partial charge in [0.1, 0.15) is 0 Å². The van der Waals surface area contributed by atoms with Gasteiger partial charge in [0.2, 0.25) is 0 Å². The van der Waals surface area contributed by atoms with Gasteiger partial charge in [0.05, 0.1) is 12.7 Å². The number of hydrogen-bond donors (Lipinski definition) is 1. The molecule has 0 radical (unpaired) electrons. The SMILES string of the molecule is CC(NCC1CN(C)CCO1)c1cccc(F)c1F. The van der Waals surface area contributed by atoms with Crippen molar-refractivity contribution in [2.75, 3.05) is 33.3 Å². The summed E-state index contributed by atoms with van der Waals surface area (Å²) in [5, 5.41) is 3.20. The number of hydrogen-bond acceptors (Lipinski definition) is 3. The first kappa shape index (κ1) is 14.4. The minimum absolute atomic E-state index is 0.0952. The van der Waals surface area contributed by atoms with Crippen LogP contribution in [0.5, 0.6) is 0 Å². The number of rotatable bonds is 4. The lowest BCUT2D eigenvalue weighted by Crippen LogP contribution is -2.45. The molecule has 0 aliphatic carbocycles. The first-order valence-electron chi connectivity index (χ1n) is 6.55. The van der Waals surface area contributed by atoms with Crippen LogP contribution in [0.4, 0.5) is 8.78 Å². The summed E-state index contributed by atoms with van der Waals surface area (Å²) >= 11 is 0. The Bertz CT molecular complexity index is 428. The van der Waals surface area contributed by atoms with Crippen LogP contribution in [-0.2, 0) is 4.74 Å². The molecule has 3 nitrogen and oxygen atoms in total. The third kappa shape index (κ3) is 3.72. The molecule has 106 valence electrons. The van der Waals surface area contributed by atoms with Crippen molar-refractivity contribution in [3.05, 3.63) is 35.4 Å². The maximum absolute atomic E-state index is 13.6. The van der Waals surface area contributed by atoms with E-state index in [-0.39, 0.29) is 12.1 Å². The van der Waals surface area contributed by atoms with Gasteiger partial charge in [-0.15, -0.1) is 0 Å². The number of morpholine rings is 1. The Kier molecular flexibility index (Phi) is 4.85. The normalized spacial score (nSPS) is 22.4. The van der Waals surface area contributed by atoms with Gasteiger partial charge >= 0.3 is 0 Å². The van der Waals surface area contributed by atoms with E-state index in [1.807, 2.05) is 14.0 Å². The number of likely N-dealkylation sites (N-methyl/N-ethyl adjacent to an activating group) is 1. The predicted octanol–water partition coefficient (Wildman–Crippen LogP) is 1.95. The summed E-state index contributed by atoms with van der Waals surface area (Å²) in [5.74, 6) is -1.58. The first-order chi connectivity index (χ1) is 9.08. The minimum atomic E-state index is -0.806. The molecule has 2 rings (SSSR count). The molecular formula is C14H20F2N2O. The van der Waals surface area contributed by atoms with Gasteiger partial charge in [0, 0.05) is 31.2 Å². The molecule has 19 heavy (non-hydrogen) atoms. The monoisotopic (exact) mass is 270 g/mol. The van der Waals surface area contributed by atoms with Crippen molar-refractivity contribution in [1.82, 2.24) is 10.2 Å². The molecule has 1 heterocycles. The van der Waals surface area contributed by atoms with E-state index in [0.29, 0.717) is 18.7 Å². The van der Waals surface area contributed by atoms with Crippen LogP contribution in [0.15, 0.2) is 18.2 Å². The molecular weight excluding hydrogens is 250 g/mol. The lowest BCUT2D eigenvalue weighted by Gasteiger charge is -2.31. The highest BCUT2D eigenvalue weighted by Gasteiger charge is 2.19. The molecule has 1 aliphatic rings. The maximum atomic E-state index is 13.6. The molecule has 1 aliphatic heterocycles. The molecule has 1 aromatic rings. The fourth-order valence-electron chi connectivity index (χ4n) is 2.26. The number of benzene rings is 1. The van der Waals surface area contributed by atoms with Gasteiger partial charge in [0.25, 0.3) is 0 Å². The van der Waals surface area contributed by atoms with E-state index in [1.165, 1.54) is 6.07 Å². The van der Waals surface area contributed by atoms with E-state index >= 15 is 0 Å². The molecule has 1 aromatic carbocycles. The fraction of sp³-hybridized carbons (Fsp3) is 0.571. The number of nitrogens with one attached hydrogen (secondary N) is 1. The average Bonchev–Trinajstić information content (AvgIpc) is 2.39. The van der Waals surface area contributed by atoms with Gasteiger partial charge < -0.3 is 15.0 Å². The van der Waals surface area contributed by atoms with Crippen LogP contribution in [0, 0.1) is 11.6 Å². The van der Waals surface area contributed by atoms with E-state index in [0.717, 1.165) is 19.2 Å². The Morgan fingerprint density at radius 2 is 2.26 bits per heavy atom. The molecule has 1 N–H and O–H groups in total. The van der Waals surface area contributed by atoms with Crippen molar-refractivity contribution in [2.24, 2.45) is 0 Å². The van der Waals surface area contributed by atoms with Crippen LogP contribution >= 0.6 is 0 Å². The van der Waals surface area contributed by atoms with Crippen LogP contribution in [0.1, 0.15) is 18.5 Å². The Morgan fingerprint density at radius 3 is 3.00 bits per heavy atom. The predicted molar refractivity (Wildman–Crippen MR) is 70.0 cm³/mol. The van der Waals surface area contributed by atoms with Gasteiger partial charge in [-0.1, -0.05) is 12.1 Å². The highest BCUT2D eigenvalue weighted by Crippen LogP contribution is 2.19. The lowest BCUT2D eigenvalue weighted by atomic mass is 10.1. The fourth-order valence-corrected chi connectivity index (χ4v) is 2.26. The third-order valence-electron chi connectivity index (χ3n) is 3.44. The Hall–Kier alpha value is -1.04. The quantitative estimate of drug-likeness (QED) is 0.905. The van der Waals surface area contributed by atoms with Crippen molar-refractivity contribution in [1.29, 1.82) is 0 Å². The first-order valence-corrected chi connectivity index (χ1v) is 6.55. The highest BCUT2D eigenvalue weighted by atomic mass is 19.2. The summed E-state index contributed by atoms with van der Waals surface area (Å²) < 4.78 is 32.4. The zero-order chi connectivity index (χ0) is 13.8. The van der Waals surface area contributed by atoms with Crippen LogP contribution in [0.25, 0.3) is 0 Å². The summed E-state index contributed by atoms with van der Waals surface area (Å²) in [4.78, 5) is 2.20. The van der Waals surface area contributed by atoms with Gasteiger partial charge in [0.15, 0.2) is 11.6 Å². The highest BCUT2D eigenvalue weighted by molar-refractivity contribution is 5.21. The zero-order valence-electron chi connectivity index (χ0n) is 11.3. The minimum Gasteiger partial charge on any atom is -0.374 e. The summed E-state index contributed by atoms with van der Waals surface area (Å²) in [6, 6.07) is 4.01. The van der Waals surface area contributed by atoms with Crippen molar-refractivity contribution in [3.63, 3.8) is 0 Å². The van der Waals surface area contributed by atoms with Gasteiger partial charge in [-0.2, -0.15) is 0 Å². The molecule has 0 bridgehead atoms. The van der Waals surface area contributed by atoms with Crippen LogP contribution in [-0.4, -0.2) is 44.3 Å². The number of nitrogens with zero attached hydrogens (tertiary/aromatic N) is 1. The second-order valence-corrected chi connectivity index (χ2v) is 5.03. The second-order valence-electron chi connectivity index (χ2n) is 5.03. The topological polar surface area (TPSA) is 24.5 Å². The van der Waals surface area contributed by atoms with E-state index in [4.69, 9.17) is 4.74 Å². The molecule has 1 saturated heterocycles. The number of halogens is 2. The number of ether oxygens (including phenoxy) is 1. The molecule has 0 aromatic heterocycles. The maximum Gasteiger partial charge on any atom is 0.163 e. The molecule has 0 saturated carbocycles. The Labute approximate surface area is 112 Å². The Balaban J connectivity index is 1.90. The van der Waals surface area contributed by atoms with Crippen molar-refractivity contribution in [3.8, 4) is 0 Å². The smallest absolute Gasteiger partial charge is 0.163 e. The van der Waals surface area contributed by atoms with E-state index in [9.17, 15) is 8.78 Å². The second kappa shape index (κ2) is 6.41. The van der Waals surface area contributed by atoms with Gasteiger partial charge in [-0.3, -0.25) is 0 Å². The zero-order valence-corrected chi connectivity index (χ0v) is 11.3. The summed E-state index contributed by atoms with van der Waals surface area (Å²) in [6.07, 6.45) is 0.0952. The largest absolute Gasteiger partial charge is 0.374 e. The average molecular weight is 270 g/mol. The molecule has 0 spiro atoms. The van der Waals surface area contributed by atoms with Crippen LogP contribution < -0.4 is 5.32 Å². The van der Waals surface area contributed by atoms with Crippen LogP contribution in [0.3, 0.4) is 0 Å². The molecule has 0 amide bonds.